The van der Waals surface area contributed by atoms with Crippen LogP contribution in [0.2, 0.25) is 0 Å². The fourth-order valence-electron chi connectivity index (χ4n) is 0. The topological polar surface area (TPSA) is 141 Å². The minimum absolute atomic E-state index is 0. The minimum atomic E-state index is -0.500. The van der Waals surface area contributed by atoms with Crippen molar-refractivity contribution in [1.29, 1.82) is 0 Å². The molecule has 0 bridgehead atoms. The van der Waals surface area contributed by atoms with Gasteiger partial charge in [-0.25, -0.2) is 0 Å². The first kappa shape index (κ1) is 23.2. The van der Waals surface area contributed by atoms with Crippen LogP contribution < -0.4 is 10.4 Å². The summed E-state index contributed by atoms with van der Waals surface area (Å²) in [4.78, 5) is 19.5. The maximum absolute atomic E-state index is 8.64. The van der Waals surface area contributed by atoms with Gasteiger partial charge in [0.15, 0.2) is 0 Å². The number of hydrogen-bond donors (Lipinski definition) is 1. The van der Waals surface area contributed by atoms with Crippen molar-refractivity contribution in [2.75, 3.05) is 7.11 Å². The predicted molar refractivity (Wildman–Crippen MR) is 27.1 cm³/mol. The Hall–Kier alpha value is -1.18. The first-order chi connectivity index (χ1) is 4.33. The molecule has 0 atom stereocenters. The van der Waals surface area contributed by atoms with Crippen molar-refractivity contribution in [2.24, 2.45) is 0 Å². The SMILES string of the molecule is CO.O.O=CO[O-].O=C[O-].[HH]. The normalized spacial score (nSPS) is 3.90. The molecule has 0 unspecified atom stereocenters. The zero-order chi connectivity index (χ0) is 8.12. The first-order valence-corrected chi connectivity index (χ1v) is 1.56. The van der Waals surface area contributed by atoms with Crippen molar-refractivity contribution in [1.82, 2.24) is 0 Å². The smallest absolute Gasteiger partial charge is 0.287 e. The van der Waals surface area contributed by atoms with Gasteiger partial charge in [0.05, 0.1) is 0 Å². The molecule has 0 aliphatic carbocycles. The van der Waals surface area contributed by atoms with E-state index in [1.54, 1.807) is 0 Å². The van der Waals surface area contributed by atoms with Crippen molar-refractivity contribution in [3.05, 3.63) is 0 Å². The second kappa shape index (κ2) is 110. The summed E-state index contributed by atoms with van der Waals surface area (Å²) >= 11 is 0. The van der Waals surface area contributed by atoms with E-state index >= 15 is 0 Å². The molecule has 10 heavy (non-hydrogen) atoms. The molecule has 0 saturated heterocycles. The van der Waals surface area contributed by atoms with E-state index in [1.807, 2.05) is 0 Å². The van der Waals surface area contributed by atoms with E-state index in [9.17, 15) is 0 Å². The standard InChI is InChI=1S/CH2O3.CH2O2.CH4O.H2O.H2/c2-1-4-3;2-1-3;1-2;;/h1,3H;1H,(H,2,3);2H,1H3;1H2;1H/p-2. The molecule has 66 valence electrons. The van der Waals surface area contributed by atoms with Crippen LogP contribution in [0.3, 0.4) is 0 Å². The summed E-state index contributed by atoms with van der Waals surface area (Å²) in [6.45, 7) is -0.681. The lowest BCUT2D eigenvalue weighted by Crippen LogP contribution is -2.01. The van der Waals surface area contributed by atoms with Crippen molar-refractivity contribution in [2.45, 2.75) is 0 Å². The average Bonchev–Trinajstić information content (AvgIpc) is 1.94. The van der Waals surface area contributed by atoms with E-state index < -0.39 is 6.47 Å². The van der Waals surface area contributed by atoms with Crippen molar-refractivity contribution in [3.8, 4) is 0 Å². The number of aliphatic hydroxyl groups is 1. The van der Waals surface area contributed by atoms with Gasteiger partial charge >= 0.3 is 0 Å². The lowest BCUT2D eigenvalue weighted by Gasteiger charge is -1.88. The number of carboxylic acid groups (broad SMARTS) is 1. The molecule has 0 aliphatic heterocycles. The highest BCUT2D eigenvalue weighted by molar-refractivity contribution is 5.35. The Morgan fingerprint density at radius 2 is 1.60 bits per heavy atom. The van der Waals surface area contributed by atoms with Gasteiger partial charge in [0.1, 0.15) is 0 Å². The molecule has 0 saturated carbocycles. The fraction of sp³-hybridized carbons (Fsp3) is 0.333. The van der Waals surface area contributed by atoms with Gasteiger partial charge in [0, 0.05) is 15.0 Å². The van der Waals surface area contributed by atoms with Gasteiger partial charge in [-0.1, -0.05) is 0 Å². The third-order valence-electron chi connectivity index (χ3n) is 0.0393. The number of carbonyl (C=O) groups excluding carboxylic acids is 2. The number of carbonyl (C=O) groups is 2. The lowest BCUT2D eigenvalue weighted by atomic mass is 11.7. The summed E-state index contributed by atoms with van der Waals surface area (Å²) in [5, 5.41) is 23.7. The number of hydrogen-bond acceptors (Lipinski definition) is 6. The molecule has 0 spiro atoms. The van der Waals surface area contributed by atoms with Gasteiger partial charge in [-0.3, -0.25) is 4.79 Å². The van der Waals surface area contributed by atoms with Crippen LogP contribution in [0, 0.1) is 0 Å². The molecule has 0 aromatic rings. The highest BCUT2D eigenvalue weighted by Crippen LogP contribution is 1.22. The van der Waals surface area contributed by atoms with E-state index in [-0.39, 0.29) is 13.4 Å². The summed E-state index contributed by atoms with van der Waals surface area (Å²) < 4.78 is 0. The van der Waals surface area contributed by atoms with Crippen molar-refractivity contribution >= 4 is 12.9 Å². The quantitative estimate of drug-likeness (QED) is 0.233. The molecule has 0 rings (SSSR count). The van der Waals surface area contributed by atoms with E-state index in [2.05, 4.69) is 4.89 Å². The summed E-state index contributed by atoms with van der Waals surface area (Å²) in [6.07, 6.45) is 0. The van der Waals surface area contributed by atoms with E-state index in [4.69, 9.17) is 25.1 Å². The molecule has 0 amide bonds. The van der Waals surface area contributed by atoms with Gasteiger partial charge in [-0.05, 0) is 0 Å². The second-order valence-corrected chi connectivity index (χ2v) is 0.289. The van der Waals surface area contributed by atoms with Crippen molar-refractivity contribution < 1.29 is 36.8 Å². The second-order valence-electron chi connectivity index (χ2n) is 0.289. The highest BCUT2D eigenvalue weighted by Gasteiger charge is 1.34. The van der Waals surface area contributed by atoms with Crippen LogP contribution in [0.4, 0.5) is 0 Å². The Bertz CT molecular complexity index is 49.0. The van der Waals surface area contributed by atoms with Crippen LogP contribution in [0.25, 0.3) is 0 Å². The Kier molecular flexibility index (Phi) is 255. The summed E-state index contributed by atoms with van der Waals surface area (Å²) in [7, 11) is 1.00. The number of rotatable bonds is 1. The van der Waals surface area contributed by atoms with Crippen molar-refractivity contribution in [3.63, 3.8) is 0 Å². The molecule has 0 fully saturated rings. The van der Waals surface area contributed by atoms with E-state index in [1.165, 1.54) is 0 Å². The molecular formula is C3H10O7-2. The molecule has 0 aliphatic rings. The molecule has 7 nitrogen and oxygen atoms in total. The monoisotopic (exact) mass is 158 g/mol. The van der Waals surface area contributed by atoms with Crippen LogP contribution >= 0.6 is 0 Å². The largest absolute Gasteiger partial charge is 0.662 e. The zero-order valence-electron chi connectivity index (χ0n) is 5.14. The Labute approximate surface area is 58.2 Å². The lowest BCUT2D eigenvalue weighted by molar-refractivity contribution is -0.652. The third kappa shape index (κ3) is 7130. The van der Waals surface area contributed by atoms with Crippen LogP contribution in [0.5, 0.6) is 0 Å². The Morgan fingerprint density at radius 1 is 1.50 bits per heavy atom. The predicted octanol–water partition coefficient (Wildman–Crippen LogP) is -4.17. The van der Waals surface area contributed by atoms with Crippen LogP contribution in [0.1, 0.15) is 1.43 Å². The molecule has 0 aromatic carbocycles. The van der Waals surface area contributed by atoms with Crippen LogP contribution in [0.15, 0.2) is 0 Å². The van der Waals surface area contributed by atoms with Gasteiger partial charge in [-0.15, -0.1) is 0 Å². The highest BCUT2D eigenvalue weighted by atomic mass is 17.1. The minimum Gasteiger partial charge on any atom is -0.662 e. The fourth-order valence-corrected chi connectivity index (χ4v) is 0. The van der Waals surface area contributed by atoms with Gasteiger partial charge < -0.3 is 30.6 Å². The zero-order valence-corrected chi connectivity index (χ0v) is 5.14. The summed E-state index contributed by atoms with van der Waals surface area (Å²) in [5.41, 5.74) is 0. The molecule has 0 aromatic heterocycles. The van der Waals surface area contributed by atoms with Crippen LogP contribution in [-0.2, 0) is 14.5 Å². The van der Waals surface area contributed by atoms with E-state index in [0.717, 1.165) is 7.11 Å². The summed E-state index contributed by atoms with van der Waals surface area (Å²) in [6, 6.07) is 0. The Balaban J connectivity index is -0.0000000158. The molecule has 0 radical (unpaired) electrons. The molecule has 7 heteroatoms. The molecular weight excluding hydrogens is 148 g/mol. The van der Waals surface area contributed by atoms with Crippen LogP contribution in [-0.4, -0.2) is 30.6 Å². The maximum Gasteiger partial charge on any atom is 0.287 e. The van der Waals surface area contributed by atoms with E-state index in [0.29, 0.717) is 0 Å². The van der Waals surface area contributed by atoms with Gasteiger partial charge in [0.2, 0.25) is 0 Å². The molecule has 3 N–H and O–H groups in total. The number of aliphatic hydroxyl groups excluding tert-OH is 1. The van der Waals surface area contributed by atoms with Gasteiger partial charge in [-0.2, -0.15) is 0 Å². The molecule has 0 heterocycles. The maximum atomic E-state index is 8.64. The third-order valence-corrected chi connectivity index (χ3v) is 0.0393. The average molecular weight is 158 g/mol. The summed E-state index contributed by atoms with van der Waals surface area (Å²) in [5.74, 6) is 0. The first-order valence-electron chi connectivity index (χ1n) is 1.56. The Morgan fingerprint density at radius 3 is 1.60 bits per heavy atom. The van der Waals surface area contributed by atoms with Gasteiger partial charge in [0.25, 0.3) is 6.47 Å².